The van der Waals surface area contributed by atoms with E-state index in [9.17, 15) is 0 Å². The van der Waals surface area contributed by atoms with Gasteiger partial charge in [0.2, 0.25) is 0 Å². The first-order chi connectivity index (χ1) is 8.71. The Hall–Kier alpha value is -0.820. The third-order valence-electron chi connectivity index (χ3n) is 5.14. The minimum Gasteiger partial charge on any atom is -0.319 e. The van der Waals surface area contributed by atoms with Gasteiger partial charge in [-0.2, -0.15) is 0 Å². The highest BCUT2D eigenvalue weighted by Gasteiger charge is 2.39. The molecule has 1 spiro atoms. The molecule has 0 bridgehead atoms. The topological polar surface area (TPSA) is 0 Å². The molecule has 1 fully saturated rings. The Morgan fingerprint density at radius 1 is 1.17 bits per heavy atom. The molecule has 1 nitrogen and oxygen atoms in total. The molecule has 0 aliphatic carbocycles. The van der Waals surface area contributed by atoms with E-state index in [2.05, 4.69) is 38.1 Å². The number of benzene rings is 1. The van der Waals surface area contributed by atoms with E-state index in [1.807, 2.05) is 0 Å². The van der Waals surface area contributed by atoms with Gasteiger partial charge in [0, 0.05) is 23.8 Å². The molecule has 0 amide bonds. The summed E-state index contributed by atoms with van der Waals surface area (Å²) in [4.78, 5) is 0. The molecule has 0 aromatic heterocycles. The van der Waals surface area contributed by atoms with Crippen molar-refractivity contribution in [3.8, 4) is 0 Å². The summed E-state index contributed by atoms with van der Waals surface area (Å²) in [6.07, 6.45) is 4.11. The number of quaternary nitrogens is 1. The average Bonchev–Trinajstić information content (AvgIpc) is 2.37. The SMILES string of the molecule is CCC1CC(C)C[N+]2(CCc3ccccc3C2)C1. The van der Waals surface area contributed by atoms with E-state index >= 15 is 0 Å². The lowest BCUT2D eigenvalue weighted by Crippen LogP contribution is -2.58. The van der Waals surface area contributed by atoms with Gasteiger partial charge in [0.15, 0.2) is 0 Å². The van der Waals surface area contributed by atoms with Crippen molar-refractivity contribution in [1.82, 2.24) is 0 Å². The summed E-state index contributed by atoms with van der Waals surface area (Å²) in [6.45, 7) is 10.3. The average molecular weight is 244 g/mol. The molecule has 2 aliphatic rings. The zero-order chi connectivity index (χ0) is 12.6. The summed E-state index contributed by atoms with van der Waals surface area (Å²) in [5.41, 5.74) is 3.22. The maximum Gasteiger partial charge on any atom is 0.105 e. The van der Waals surface area contributed by atoms with Crippen LogP contribution in [0.2, 0.25) is 0 Å². The second-order valence-corrected chi connectivity index (χ2v) is 6.72. The summed E-state index contributed by atoms with van der Waals surface area (Å²) < 4.78 is 1.37. The quantitative estimate of drug-likeness (QED) is 0.662. The van der Waals surface area contributed by atoms with Gasteiger partial charge >= 0.3 is 0 Å². The van der Waals surface area contributed by atoms with Crippen LogP contribution in [0.3, 0.4) is 0 Å². The van der Waals surface area contributed by atoms with Crippen LogP contribution in [0.1, 0.15) is 37.8 Å². The van der Waals surface area contributed by atoms with Crippen LogP contribution in [0.4, 0.5) is 0 Å². The third kappa shape index (κ3) is 2.21. The first-order valence-electron chi connectivity index (χ1n) is 7.63. The van der Waals surface area contributed by atoms with E-state index in [-0.39, 0.29) is 0 Å². The molecule has 1 aromatic rings. The number of hydrogen-bond acceptors (Lipinski definition) is 0. The van der Waals surface area contributed by atoms with Gasteiger partial charge in [0.05, 0.1) is 19.6 Å². The molecule has 98 valence electrons. The predicted octanol–water partition coefficient (Wildman–Crippen LogP) is 3.63. The van der Waals surface area contributed by atoms with Crippen LogP contribution in [0.25, 0.3) is 0 Å². The molecule has 0 radical (unpaired) electrons. The normalized spacial score (nSPS) is 35.4. The molecule has 3 atom stereocenters. The van der Waals surface area contributed by atoms with Crippen molar-refractivity contribution in [3.63, 3.8) is 0 Å². The fourth-order valence-electron chi connectivity index (χ4n) is 4.36. The van der Waals surface area contributed by atoms with Gasteiger partial charge in [0.25, 0.3) is 0 Å². The van der Waals surface area contributed by atoms with E-state index in [0.29, 0.717) is 0 Å². The van der Waals surface area contributed by atoms with Crippen molar-refractivity contribution in [2.45, 2.75) is 39.7 Å². The number of hydrogen-bond donors (Lipinski definition) is 0. The Labute approximate surface area is 111 Å². The lowest BCUT2D eigenvalue weighted by atomic mass is 9.84. The van der Waals surface area contributed by atoms with Crippen LogP contribution in [0.5, 0.6) is 0 Å². The number of rotatable bonds is 1. The minimum atomic E-state index is 0.911. The standard InChI is InChI=1S/C17H26N/c1-3-15-10-14(2)11-18(12-15)9-8-16-6-4-5-7-17(16)13-18/h4-7,14-15H,3,8-13H2,1-2H3/q+1. The lowest BCUT2D eigenvalue weighted by Gasteiger charge is -2.49. The predicted molar refractivity (Wildman–Crippen MR) is 76.3 cm³/mol. The molecular weight excluding hydrogens is 218 g/mol. The van der Waals surface area contributed by atoms with Crippen LogP contribution in [0.15, 0.2) is 24.3 Å². The van der Waals surface area contributed by atoms with Crippen molar-refractivity contribution in [2.75, 3.05) is 19.6 Å². The van der Waals surface area contributed by atoms with Gasteiger partial charge in [-0.1, -0.05) is 38.1 Å². The van der Waals surface area contributed by atoms with Crippen LogP contribution < -0.4 is 0 Å². The highest BCUT2D eigenvalue weighted by molar-refractivity contribution is 5.27. The maximum absolute atomic E-state index is 2.46. The summed E-state index contributed by atoms with van der Waals surface area (Å²) in [6, 6.07) is 9.10. The fourth-order valence-corrected chi connectivity index (χ4v) is 4.36. The van der Waals surface area contributed by atoms with Crippen molar-refractivity contribution in [1.29, 1.82) is 0 Å². The zero-order valence-electron chi connectivity index (χ0n) is 11.9. The van der Waals surface area contributed by atoms with E-state index in [1.54, 1.807) is 11.1 Å². The number of nitrogens with zero attached hydrogens (tertiary/aromatic N) is 1. The first-order valence-corrected chi connectivity index (χ1v) is 7.63. The number of fused-ring (bicyclic) bond motifs is 1. The van der Waals surface area contributed by atoms with Gasteiger partial charge in [-0.25, -0.2) is 0 Å². The van der Waals surface area contributed by atoms with E-state index in [4.69, 9.17) is 0 Å². The summed E-state index contributed by atoms with van der Waals surface area (Å²) in [5, 5.41) is 0. The maximum atomic E-state index is 2.46. The van der Waals surface area contributed by atoms with Crippen molar-refractivity contribution in [2.24, 2.45) is 11.8 Å². The third-order valence-corrected chi connectivity index (χ3v) is 5.14. The summed E-state index contributed by atoms with van der Waals surface area (Å²) in [7, 11) is 0. The Bertz CT molecular complexity index is 425. The molecule has 1 heteroatoms. The van der Waals surface area contributed by atoms with Crippen molar-refractivity contribution >= 4 is 0 Å². The van der Waals surface area contributed by atoms with Gasteiger partial charge in [-0.3, -0.25) is 0 Å². The summed E-state index contributed by atoms with van der Waals surface area (Å²) in [5.74, 6) is 1.87. The smallest absolute Gasteiger partial charge is 0.105 e. The van der Waals surface area contributed by atoms with Crippen LogP contribution in [0, 0.1) is 11.8 Å². The monoisotopic (exact) mass is 244 g/mol. The molecule has 3 unspecified atom stereocenters. The first kappa shape index (κ1) is 12.2. The Morgan fingerprint density at radius 2 is 1.94 bits per heavy atom. The van der Waals surface area contributed by atoms with Crippen molar-refractivity contribution in [3.05, 3.63) is 35.4 Å². The Balaban J connectivity index is 1.84. The second-order valence-electron chi connectivity index (χ2n) is 6.72. The zero-order valence-corrected chi connectivity index (χ0v) is 11.9. The van der Waals surface area contributed by atoms with Gasteiger partial charge < -0.3 is 4.48 Å². The summed E-state index contributed by atoms with van der Waals surface area (Å²) >= 11 is 0. The molecule has 2 aliphatic heterocycles. The minimum absolute atomic E-state index is 0.911. The molecule has 0 N–H and O–H groups in total. The van der Waals surface area contributed by atoms with Crippen molar-refractivity contribution < 1.29 is 4.48 Å². The fraction of sp³-hybridized carbons (Fsp3) is 0.647. The van der Waals surface area contributed by atoms with Gasteiger partial charge in [-0.15, -0.1) is 0 Å². The largest absolute Gasteiger partial charge is 0.319 e. The highest BCUT2D eigenvalue weighted by atomic mass is 15.4. The van der Waals surface area contributed by atoms with Gasteiger partial charge in [-0.05, 0) is 18.4 Å². The van der Waals surface area contributed by atoms with Gasteiger partial charge in [0.1, 0.15) is 6.54 Å². The Morgan fingerprint density at radius 3 is 2.72 bits per heavy atom. The molecule has 1 aromatic carbocycles. The van der Waals surface area contributed by atoms with Crippen LogP contribution >= 0.6 is 0 Å². The molecular formula is C17H26N+. The van der Waals surface area contributed by atoms with E-state index in [1.165, 1.54) is 49.9 Å². The molecule has 18 heavy (non-hydrogen) atoms. The van der Waals surface area contributed by atoms with E-state index in [0.717, 1.165) is 11.8 Å². The second kappa shape index (κ2) is 4.70. The van der Waals surface area contributed by atoms with Crippen LogP contribution in [-0.4, -0.2) is 24.1 Å². The molecule has 0 saturated carbocycles. The highest BCUT2D eigenvalue weighted by Crippen LogP contribution is 2.34. The lowest BCUT2D eigenvalue weighted by molar-refractivity contribution is -0.953. The van der Waals surface area contributed by atoms with E-state index < -0.39 is 0 Å². The van der Waals surface area contributed by atoms with Crippen LogP contribution in [-0.2, 0) is 13.0 Å². The molecule has 3 rings (SSSR count). The molecule has 2 heterocycles. The number of piperidine rings is 1. The Kier molecular flexibility index (Phi) is 3.19. The molecule has 1 saturated heterocycles.